The summed E-state index contributed by atoms with van der Waals surface area (Å²) < 4.78 is 0. The number of carboxylic acids is 1. The van der Waals surface area contributed by atoms with Crippen molar-refractivity contribution >= 4 is 11.9 Å². The molecule has 0 saturated carbocycles. The Morgan fingerprint density at radius 3 is 2.95 bits per heavy atom. The van der Waals surface area contributed by atoms with E-state index < -0.39 is 17.9 Å². The third kappa shape index (κ3) is 2.98. The number of carboxylic acid groups (broad SMARTS) is 1. The van der Waals surface area contributed by atoms with Gasteiger partial charge in [-0.25, -0.2) is 0 Å². The maximum absolute atomic E-state index is 12.3. The van der Waals surface area contributed by atoms with Crippen molar-refractivity contribution in [3.05, 3.63) is 30.1 Å². The molecule has 20 heavy (non-hydrogen) atoms. The molecule has 108 valence electrons. The van der Waals surface area contributed by atoms with Gasteiger partial charge in [0.05, 0.1) is 12.0 Å². The van der Waals surface area contributed by atoms with Gasteiger partial charge in [0.25, 0.3) is 0 Å². The first kappa shape index (κ1) is 14.5. The second-order valence-electron chi connectivity index (χ2n) is 5.16. The lowest BCUT2D eigenvalue weighted by atomic mass is 9.90. The van der Waals surface area contributed by atoms with Crippen LogP contribution in [0.25, 0.3) is 0 Å². The molecular weight excluding hydrogens is 256 g/mol. The molecule has 0 spiro atoms. The number of hydrogen-bond donors (Lipinski definition) is 1. The van der Waals surface area contributed by atoms with Crippen LogP contribution < -0.4 is 0 Å². The summed E-state index contributed by atoms with van der Waals surface area (Å²) in [5.41, 5.74) is 0.809. The first-order chi connectivity index (χ1) is 9.65. The molecule has 2 rings (SSSR count). The fraction of sp³-hybridized carbons (Fsp3) is 0.533. The summed E-state index contributed by atoms with van der Waals surface area (Å²) in [5, 5.41) is 9.51. The smallest absolute Gasteiger partial charge is 0.308 e. The molecule has 1 amide bonds. The molecule has 0 aliphatic carbocycles. The van der Waals surface area contributed by atoms with Crippen LogP contribution >= 0.6 is 0 Å². The standard InChI is InChI=1S/C15H20N2O3/c1-2-9-17-13(18)7-3-6-12(15(19)20)14(17)11-5-4-8-16-10-11/h4-5,8,10,12,14H,2-3,6-7,9H2,1H3,(H,19,20). The number of carbonyl (C=O) groups excluding carboxylic acids is 1. The van der Waals surface area contributed by atoms with Crippen LogP contribution in [0.5, 0.6) is 0 Å². The molecule has 5 heteroatoms. The van der Waals surface area contributed by atoms with Crippen LogP contribution in [0.4, 0.5) is 0 Å². The quantitative estimate of drug-likeness (QED) is 0.915. The maximum atomic E-state index is 12.3. The molecule has 0 aromatic carbocycles. The van der Waals surface area contributed by atoms with E-state index in [1.165, 1.54) is 0 Å². The van der Waals surface area contributed by atoms with Crippen molar-refractivity contribution in [1.29, 1.82) is 0 Å². The van der Waals surface area contributed by atoms with Crippen LogP contribution in [-0.2, 0) is 9.59 Å². The summed E-state index contributed by atoms with van der Waals surface area (Å²) in [6.07, 6.45) is 5.73. The summed E-state index contributed by atoms with van der Waals surface area (Å²) in [5.74, 6) is -1.35. The van der Waals surface area contributed by atoms with Crippen LogP contribution in [0.1, 0.15) is 44.2 Å². The molecule has 2 unspecified atom stereocenters. The Hall–Kier alpha value is -1.91. The lowest BCUT2D eigenvalue weighted by Gasteiger charge is -2.33. The predicted octanol–water partition coefficient (Wildman–Crippen LogP) is 2.25. The van der Waals surface area contributed by atoms with Crippen molar-refractivity contribution in [3.8, 4) is 0 Å². The molecule has 1 fully saturated rings. The minimum atomic E-state index is -0.838. The van der Waals surface area contributed by atoms with Gasteiger partial charge in [0.2, 0.25) is 5.91 Å². The monoisotopic (exact) mass is 276 g/mol. The van der Waals surface area contributed by atoms with E-state index in [9.17, 15) is 14.7 Å². The molecule has 1 saturated heterocycles. The number of nitrogens with zero attached hydrogens (tertiary/aromatic N) is 2. The summed E-state index contributed by atoms with van der Waals surface area (Å²) in [4.78, 5) is 29.7. The van der Waals surface area contributed by atoms with Crippen LogP contribution in [-0.4, -0.2) is 33.4 Å². The van der Waals surface area contributed by atoms with E-state index in [-0.39, 0.29) is 5.91 Å². The minimum Gasteiger partial charge on any atom is -0.481 e. The zero-order valence-electron chi connectivity index (χ0n) is 11.7. The van der Waals surface area contributed by atoms with Crippen molar-refractivity contribution in [2.45, 2.75) is 38.6 Å². The van der Waals surface area contributed by atoms with Crippen molar-refractivity contribution < 1.29 is 14.7 Å². The van der Waals surface area contributed by atoms with Gasteiger partial charge in [-0.15, -0.1) is 0 Å². The van der Waals surface area contributed by atoms with Crippen LogP contribution in [0.15, 0.2) is 24.5 Å². The van der Waals surface area contributed by atoms with Crippen LogP contribution in [0.3, 0.4) is 0 Å². The third-order valence-electron chi connectivity index (χ3n) is 3.75. The van der Waals surface area contributed by atoms with Gasteiger partial charge in [-0.3, -0.25) is 14.6 Å². The van der Waals surface area contributed by atoms with Gasteiger partial charge in [-0.2, -0.15) is 0 Å². The SMILES string of the molecule is CCCN1C(=O)CCCC(C(=O)O)C1c1cccnc1. The largest absolute Gasteiger partial charge is 0.481 e. The Morgan fingerprint density at radius 1 is 1.55 bits per heavy atom. The van der Waals surface area contributed by atoms with E-state index >= 15 is 0 Å². The number of aromatic nitrogens is 1. The van der Waals surface area contributed by atoms with Crippen LogP contribution in [0.2, 0.25) is 0 Å². The summed E-state index contributed by atoms with van der Waals surface area (Å²) in [6, 6.07) is 3.24. The Bertz CT molecular complexity index is 475. The second-order valence-corrected chi connectivity index (χ2v) is 5.16. The molecule has 1 aliphatic heterocycles. The highest BCUT2D eigenvalue weighted by Crippen LogP contribution is 2.35. The van der Waals surface area contributed by atoms with E-state index in [2.05, 4.69) is 4.98 Å². The fourth-order valence-corrected chi connectivity index (χ4v) is 2.87. The highest BCUT2D eigenvalue weighted by Gasteiger charge is 2.38. The van der Waals surface area contributed by atoms with Crippen molar-refractivity contribution in [2.24, 2.45) is 5.92 Å². The number of carbonyl (C=O) groups is 2. The molecular formula is C15H20N2O3. The number of aliphatic carboxylic acids is 1. The Kier molecular flexibility index (Phi) is 4.71. The van der Waals surface area contributed by atoms with E-state index in [1.54, 1.807) is 23.4 Å². The summed E-state index contributed by atoms with van der Waals surface area (Å²) >= 11 is 0. The van der Waals surface area contributed by atoms with Crippen molar-refractivity contribution in [3.63, 3.8) is 0 Å². The van der Waals surface area contributed by atoms with E-state index in [0.717, 1.165) is 12.0 Å². The lowest BCUT2D eigenvalue weighted by molar-refractivity contribution is -0.146. The Balaban J connectivity index is 2.43. The molecule has 0 bridgehead atoms. The van der Waals surface area contributed by atoms with E-state index in [4.69, 9.17) is 0 Å². The molecule has 2 atom stereocenters. The topological polar surface area (TPSA) is 70.5 Å². The molecule has 1 aliphatic rings. The molecule has 2 heterocycles. The first-order valence-corrected chi connectivity index (χ1v) is 7.07. The van der Waals surface area contributed by atoms with Crippen LogP contribution in [0, 0.1) is 5.92 Å². The average molecular weight is 276 g/mol. The van der Waals surface area contributed by atoms with Gasteiger partial charge in [0.15, 0.2) is 0 Å². The minimum absolute atomic E-state index is 0.0458. The zero-order valence-corrected chi connectivity index (χ0v) is 11.7. The lowest BCUT2D eigenvalue weighted by Crippen LogP contribution is -2.39. The molecule has 1 N–H and O–H groups in total. The van der Waals surface area contributed by atoms with Gasteiger partial charge >= 0.3 is 5.97 Å². The van der Waals surface area contributed by atoms with Crippen molar-refractivity contribution in [1.82, 2.24) is 9.88 Å². The maximum Gasteiger partial charge on any atom is 0.308 e. The predicted molar refractivity (Wildman–Crippen MR) is 74.0 cm³/mol. The fourth-order valence-electron chi connectivity index (χ4n) is 2.87. The van der Waals surface area contributed by atoms with Gasteiger partial charge in [0.1, 0.15) is 0 Å². The second kappa shape index (κ2) is 6.50. The molecule has 1 aromatic rings. The Morgan fingerprint density at radius 2 is 2.35 bits per heavy atom. The molecule has 5 nitrogen and oxygen atoms in total. The highest BCUT2D eigenvalue weighted by molar-refractivity contribution is 5.79. The number of rotatable bonds is 4. The van der Waals surface area contributed by atoms with Gasteiger partial charge in [0, 0.05) is 25.4 Å². The number of hydrogen-bond acceptors (Lipinski definition) is 3. The number of pyridine rings is 1. The van der Waals surface area contributed by atoms with Gasteiger partial charge < -0.3 is 10.0 Å². The van der Waals surface area contributed by atoms with E-state index in [1.807, 2.05) is 13.0 Å². The first-order valence-electron chi connectivity index (χ1n) is 7.07. The number of amides is 1. The third-order valence-corrected chi connectivity index (χ3v) is 3.75. The van der Waals surface area contributed by atoms with E-state index in [0.29, 0.717) is 25.8 Å². The highest BCUT2D eigenvalue weighted by atomic mass is 16.4. The van der Waals surface area contributed by atoms with Crippen molar-refractivity contribution in [2.75, 3.05) is 6.54 Å². The Labute approximate surface area is 118 Å². The summed E-state index contributed by atoms with van der Waals surface area (Å²) in [6.45, 7) is 2.58. The molecule has 0 radical (unpaired) electrons. The normalized spacial score (nSPS) is 23.4. The average Bonchev–Trinajstić information content (AvgIpc) is 2.60. The van der Waals surface area contributed by atoms with Gasteiger partial charge in [-0.05, 0) is 30.9 Å². The number of likely N-dealkylation sites (tertiary alicyclic amines) is 1. The molecule has 1 aromatic heterocycles. The summed E-state index contributed by atoms with van der Waals surface area (Å²) in [7, 11) is 0. The zero-order chi connectivity index (χ0) is 14.5. The van der Waals surface area contributed by atoms with Gasteiger partial charge in [-0.1, -0.05) is 13.0 Å².